The number of hydrogen-bond acceptors (Lipinski definition) is 3. The van der Waals surface area contributed by atoms with E-state index in [1.54, 1.807) is 30.3 Å². The van der Waals surface area contributed by atoms with E-state index in [0.29, 0.717) is 41.2 Å². The molecule has 0 saturated carbocycles. The van der Waals surface area contributed by atoms with Crippen molar-refractivity contribution in [3.8, 4) is 11.5 Å². The van der Waals surface area contributed by atoms with Gasteiger partial charge in [-0.05, 0) is 42.5 Å². The third kappa shape index (κ3) is 3.08. The Morgan fingerprint density at radius 1 is 1.00 bits per heavy atom. The molecule has 1 fully saturated rings. The van der Waals surface area contributed by atoms with Crippen molar-refractivity contribution in [3.63, 3.8) is 0 Å². The highest BCUT2D eigenvalue weighted by atomic mass is 35.5. The number of hydrogen-bond donors (Lipinski definition) is 0. The molecule has 2 aromatic carbocycles. The maximum absolute atomic E-state index is 6.41. The van der Waals surface area contributed by atoms with Gasteiger partial charge in [0.2, 0.25) is 0 Å². The Bertz CT molecular complexity index is 649. The summed E-state index contributed by atoms with van der Waals surface area (Å²) in [6, 6.07) is 12.7. The molecule has 0 aliphatic carbocycles. The van der Waals surface area contributed by atoms with Gasteiger partial charge in [0.15, 0.2) is 5.79 Å². The molecule has 3 rings (SSSR count). The van der Waals surface area contributed by atoms with Crippen molar-refractivity contribution < 1.29 is 14.2 Å². The van der Waals surface area contributed by atoms with Crippen molar-refractivity contribution in [2.75, 3.05) is 13.2 Å². The molecular formula is C17H16Cl2O3. The average Bonchev–Trinajstić information content (AvgIpc) is 3.00. The molecule has 0 bridgehead atoms. The van der Waals surface area contributed by atoms with Crippen LogP contribution in [-0.2, 0) is 15.3 Å². The SMILES string of the molecule is CCC1(c2ccc(Oc3ccc(Cl)cc3)cc2Cl)OCCO1. The van der Waals surface area contributed by atoms with Gasteiger partial charge in [0.25, 0.3) is 0 Å². The molecular weight excluding hydrogens is 323 g/mol. The fourth-order valence-corrected chi connectivity index (χ4v) is 2.95. The number of benzene rings is 2. The molecule has 0 unspecified atom stereocenters. The topological polar surface area (TPSA) is 27.7 Å². The molecule has 116 valence electrons. The maximum atomic E-state index is 6.41. The van der Waals surface area contributed by atoms with Crippen molar-refractivity contribution in [2.24, 2.45) is 0 Å². The predicted octanol–water partition coefficient (Wildman–Crippen LogP) is 5.40. The lowest BCUT2D eigenvalue weighted by molar-refractivity contribution is -0.167. The van der Waals surface area contributed by atoms with Crippen LogP contribution in [0.1, 0.15) is 18.9 Å². The van der Waals surface area contributed by atoms with Gasteiger partial charge in [-0.3, -0.25) is 0 Å². The maximum Gasteiger partial charge on any atom is 0.196 e. The van der Waals surface area contributed by atoms with Gasteiger partial charge in [-0.15, -0.1) is 0 Å². The van der Waals surface area contributed by atoms with Crippen LogP contribution in [0.2, 0.25) is 10.0 Å². The molecule has 0 spiro atoms. The number of rotatable bonds is 4. The fraction of sp³-hybridized carbons (Fsp3) is 0.294. The second-order valence-corrected chi connectivity index (χ2v) is 5.84. The number of halogens is 2. The van der Waals surface area contributed by atoms with E-state index < -0.39 is 5.79 Å². The van der Waals surface area contributed by atoms with Gasteiger partial charge >= 0.3 is 0 Å². The summed E-state index contributed by atoms with van der Waals surface area (Å²) in [5.74, 6) is 0.614. The minimum Gasteiger partial charge on any atom is -0.457 e. The minimum atomic E-state index is -0.740. The van der Waals surface area contributed by atoms with Gasteiger partial charge in [-0.25, -0.2) is 0 Å². The van der Waals surface area contributed by atoms with Crippen LogP contribution in [0.5, 0.6) is 11.5 Å². The van der Waals surface area contributed by atoms with Crippen LogP contribution in [0.25, 0.3) is 0 Å². The number of ether oxygens (including phenoxy) is 3. The molecule has 2 aromatic rings. The zero-order valence-electron chi connectivity index (χ0n) is 12.1. The Kier molecular flexibility index (Phi) is 4.59. The Hall–Kier alpha value is -1.26. The highest BCUT2D eigenvalue weighted by Gasteiger charge is 2.38. The molecule has 0 atom stereocenters. The van der Waals surface area contributed by atoms with Crippen LogP contribution in [-0.4, -0.2) is 13.2 Å². The molecule has 0 radical (unpaired) electrons. The summed E-state index contributed by atoms with van der Waals surface area (Å²) in [6.45, 7) is 3.17. The van der Waals surface area contributed by atoms with Crippen molar-refractivity contribution in [3.05, 3.63) is 58.1 Å². The molecule has 3 nitrogen and oxygen atoms in total. The van der Waals surface area contributed by atoms with E-state index in [1.165, 1.54) is 0 Å². The van der Waals surface area contributed by atoms with E-state index in [4.69, 9.17) is 37.4 Å². The fourth-order valence-electron chi connectivity index (χ4n) is 2.51. The first-order valence-corrected chi connectivity index (χ1v) is 7.90. The molecule has 1 heterocycles. The van der Waals surface area contributed by atoms with Crippen LogP contribution in [0, 0.1) is 0 Å². The summed E-state index contributed by atoms with van der Waals surface area (Å²) >= 11 is 12.3. The standard InChI is InChI=1S/C17H16Cl2O3/c1-2-17(20-9-10-21-17)15-8-7-14(11-16(15)19)22-13-5-3-12(18)4-6-13/h3-8,11H,2,9-10H2,1H3. The average molecular weight is 339 g/mol. The lowest BCUT2D eigenvalue weighted by Crippen LogP contribution is -2.26. The van der Waals surface area contributed by atoms with Crippen LogP contribution in [0.3, 0.4) is 0 Å². The second kappa shape index (κ2) is 6.47. The molecule has 1 aliphatic heterocycles. The second-order valence-electron chi connectivity index (χ2n) is 5.00. The zero-order chi connectivity index (χ0) is 15.6. The third-order valence-corrected chi connectivity index (χ3v) is 4.18. The molecule has 0 aromatic heterocycles. The Labute approximate surface area is 139 Å². The molecule has 0 amide bonds. The summed E-state index contributed by atoms with van der Waals surface area (Å²) in [4.78, 5) is 0. The van der Waals surface area contributed by atoms with Crippen molar-refractivity contribution in [1.29, 1.82) is 0 Å². The highest BCUT2D eigenvalue weighted by Crippen LogP contribution is 2.40. The van der Waals surface area contributed by atoms with Crippen molar-refractivity contribution >= 4 is 23.2 Å². The van der Waals surface area contributed by atoms with E-state index in [9.17, 15) is 0 Å². The monoisotopic (exact) mass is 338 g/mol. The molecule has 0 N–H and O–H groups in total. The first kappa shape index (κ1) is 15.6. The first-order valence-electron chi connectivity index (χ1n) is 7.14. The molecule has 1 aliphatic rings. The molecule has 5 heteroatoms. The van der Waals surface area contributed by atoms with Gasteiger partial charge in [-0.1, -0.05) is 30.1 Å². The smallest absolute Gasteiger partial charge is 0.196 e. The Balaban J connectivity index is 1.84. The predicted molar refractivity (Wildman–Crippen MR) is 86.9 cm³/mol. The zero-order valence-corrected chi connectivity index (χ0v) is 13.7. The molecule has 22 heavy (non-hydrogen) atoms. The van der Waals surface area contributed by atoms with E-state index in [1.807, 2.05) is 19.1 Å². The van der Waals surface area contributed by atoms with Crippen LogP contribution < -0.4 is 4.74 Å². The normalized spacial score (nSPS) is 16.7. The quantitative estimate of drug-likeness (QED) is 0.747. The van der Waals surface area contributed by atoms with Gasteiger partial charge < -0.3 is 14.2 Å². The van der Waals surface area contributed by atoms with Crippen LogP contribution >= 0.6 is 23.2 Å². The van der Waals surface area contributed by atoms with Gasteiger partial charge in [0.1, 0.15) is 11.5 Å². The van der Waals surface area contributed by atoms with E-state index in [2.05, 4.69) is 0 Å². The van der Waals surface area contributed by atoms with Gasteiger partial charge in [0, 0.05) is 17.0 Å². The summed E-state index contributed by atoms with van der Waals surface area (Å²) < 4.78 is 17.3. The minimum absolute atomic E-state index is 0.565. The van der Waals surface area contributed by atoms with E-state index in [-0.39, 0.29) is 0 Å². The summed E-state index contributed by atoms with van der Waals surface area (Å²) in [6.07, 6.45) is 0.699. The lowest BCUT2D eigenvalue weighted by Gasteiger charge is -2.27. The largest absolute Gasteiger partial charge is 0.457 e. The van der Waals surface area contributed by atoms with E-state index in [0.717, 1.165) is 5.56 Å². The lowest BCUT2D eigenvalue weighted by atomic mass is 10.0. The van der Waals surface area contributed by atoms with Crippen LogP contribution in [0.4, 0.5) is 0 Å². The molecule has 1 saturated heterocycles. The van der Waals surface area contributed by atoms with E-state index >= 15 is 0 Å². The Morgan fingerprint density at radius 2 is 1.64 bits per heavy atom. The summed E-state index contributed by atoms with van der Waals surface area (Å²) in [5, 5.41) is 1.23. The van der Waals surface area contributed by atoms with Crippen molar-refractivity contribution in [1.82, 2.24) is 0 Å². The van der Waals surface area contributed by atoms with Gasteiger partial charge in [-0.2, -0.15) is 0 Å². The van der Waals surface area contributed by atoms with Gasteiger partial charge in [0.05, 0.1) is 18.2 Å². The first-order chi connectivity index (χ1) is 10.6. The van der Waals surface area contributed by atoms with Crippen molar-refractivity contribution in [2.45, 2.75) is 19.1 Å². The Morgan fingerprint density at radius 3 is 2.23 bits per heavy atom. The van der Waals surface area contributed by atoms with Crippen LogP contribution in [0.15, 0.2) is 42.5 Å². The summed E-state index contributed by atoms with van der Waals surface area (Å²) in [5.41, 5.74) is 0.831. The summed E-state index contributed by atoms with van der Waals surface area (Å²) in [7, 11) is 0. The highest BCUT2D eigenvalue weighted by molar-refractivity contribution is 6.31. The third-order valence-electron chi connectivity index (χ3n) is 3.62.